The zero-order valence-electron chi connectivity index (χ0n) is 9.29. The van der Waals surface area contributed by atoms with Crippen LogP contribution in [0.4, 0.5) is 0 Å². The van der Waals surface area contributed by atoms with Crippen molar-refractivity contribution in [1.29, 1.82) is 0 Å². The number of rotatable bonds is 3. The third-order valence-corrected chi connectivity index (χ3v) is 2.43. The third kappa shape index (κ3) is 2.00. The smallest absolute Gasteiger partial charge is 0.122 e. The van der Waals surface area contributed by atoms with Crippen LogP contribution in [0.25, 0.3) is 0 Å². The van der Waals surface area contributed by atoms with Crippen molar-refractivity contribution in [2.75, 3.05) is 7.11 Å². The van der Waals surface area contributed by atoms with Crippen molar-refractivity contribution in [3.8, 4) is 11.5 Å². The average molecular weight is 194 g/mol. The summed E-state index contributed by atoms with van der Waals surface area (Å²) in [5.41, 5.74) is 1.99. The molecule has 2 nitrogen and oxygen atoms in total. The topological polar surface area (TPSA) is 29.5 Å². The van der Waals surface area contributed by atoms with Gasteiger partial charge in [0.05, 0.1) is 7.11 Å². The number of ether oxygens (including phenoxy) is 1. The first-order valence-corrected chi connectivity index (χ1v) is 4.99. The van der Waals surface area contributed by atoms with E-state index in [1.165, 1.54) is 0 Å². The summed E-state index contributed by atoms with van der Waals surface area (Å²) in [6.07, 6.45) is 0.870. The molecule has 1 N–H and O–H groups in total. The summed E-state index contributed by atoms with van der Waals surface area (Å²) in [5, 5.41) is 9.76. The largest absolute Gasteiger partial charge is 0.508 e. The highest BCUT2D eigenvalue weighted by Crippen LogP contribution is 2.32. The van der Waals surface area contributed by atoms with E-state index in [9.17, 15) is 5.11 Å². The van der Waals surface area contributed by atoms with E-state index in [0.717, 1.165) is 23.3 Å². The highest BCUT2D eigenvalue weighted by molar-refractivity contribution is 5.47. The van der Waals surface area contributed by atoms with Crippen molar-refractivity contribution in [2.24, 2.45) is 0 Å². The molecule has 0 unspecified atom stereocenters. The molecule has 2 heteroatoms. The number of hydrogen-bond donors (Lipinski definition) is 1. The Balaban J connectivity index is 3.23. The lowest BCUT2D eigenvalue weighted by Gasteiger charge is -2.13. The van der Waals surface area contributed by atoms with Gasteiger partial charge in [-0.3, -0.25) is 0 Å². The zero-order valence-corrected chi connectivity index (χ0v) is 9.29. The summed E-state index contributed by atoms with van der Waals surface area (Å²) in [7, 11) is 1.66. The van der Waals surface area contributed by atoms with E-state index in [-0.39, 0.29) is 0 Å². The number of phenols is 1. The van der Waals surface area contributed by atoms with Crippen LogP contribution in [-0.4, -0.2) is 12.2 Å². The molecule has 0 heterocycles. The first kappa shape index (κ1) is 10.9. The van der Waals surface area contributed by atoms with E-state index < -0.39 is 0 Å². The minimum atomic E-state index is 0.315. The number of benzene rings is 1. The molecule has 0 fully saturated rings. The molecule has 1 aromatic carbocycles. The quantitative estimate of drug-likeness (QED) is 0.801. The molecule has 0 aliphatic rings. The summed E-state index contributed by atoms with van der Waals surface area (Å²) in [6.45, 7) is 6.16. The van der Waals surface area contributed by atoms with Crippen molar-refractivity contribution in [3.63, 3.8) is 0 Å². The molecule has 78 valence electrons. The maximum Gasteiger partial charge on any atom is 0.122 e. The second-order valence-corrected chi connectivity index (χ2v) is 3.73. The van der Waals surface area contributed by atoms with Crippen LogP contribution in [0.3, 0.4) is 0 Å². The predicted molar refractivity (Wildman–Crippen MR) is 58.1 cm³/mol. The Labute approximate surface area is 85.5 Å². The van der Waals surface area contributed by atoms with Gasteiger partial charge in [-0.2, -0.15) is 0 Å². The van der Waals surface area contributed by atoms with E-state index in [2.05, 4.69) is 13.8 Å². The van der Waals surface area contributed by atoms with Crippen LogP contribution in [0.1, 0.15) is 37.8 Å². The SMILES string of the molecule is CCc1cc(O)c(C(C)C)cc1OC. The molecular weight excluding hydrogens is 176 g/mol. The molecule has 1 aromatic rings. The number of phenolic OH excluding ortho intramolecular Hbond substituents is 1. The van der Waals surface area contributed by atoms with Gasteiger partial charge in [0.25, 0.3) is 0 Å². The van der Waals surface area contributed by atoms with Gasteiger partial charge in [-0.25, -0.2) is 0 Å². The lowest BCUT2D eigenvalue weighted by atomic mass is 9.99. The van der Waals surface area contributed by atoms with Crippen molar-refractivity contribution in [1.82, 2.24) is 0 Å². The first-order valence-electron chi connectivity index (χ1n) is 4.99. The molecule has 14 heavy (non-hydrogen) atoms. The van der Waals surface area contributed by atoms with Gasteiger partial charge in [-0.05, 0) is 30.0 Å². The van der Waals surface area contributed by atoms with Gasteiger partial charge in [0.1, 0.15) is 11.5 Å². The van der Waals surface area contributed by atoms with Crippen molar-refractivity contribution < 1.29 is 9.84 Å². The zero-order chi connectivity index (χ0) is 10.7. The maximum absolute atomic E-state index is 9.76. The Morgan fingerprint density at radius 1 is 1.36 bits per heavy atom. The van der Waals surface area contributed by atoms with Gasteiger partial charge in [0, 0.05) is 5.56 Å². The summed E-state index contributed by atoms with van der Waals surface area (Å²) in [4.78, 5) is 0. The summed E-state index contributed by atoms with van der Waals surface area (Å²) in [5.74, 6) is 1.56. The first-order chi connectivity index (χ1) is 6.60. The molecule has 0 bridgehead atoms. The van der Waals surface area contributed by atoms with E-state index in [1.54, 1.807) is 13.2 Å². The van der Waals surface area contributed by atoms with Gasteiger partial charge in [0.2, 0.25) is 0 Å². The predicted octanol–water partition coefficient (Wildman–Crippen LogP) is 3.09. The molecule has 0 amide bonds. The van der Waals surface area contributed by atoms with Crippen LogP contribution in [0, 0.1) is 0 Å². The monoisotopic (exact) mass is 194 g/mol. The van der Waals surface area contributed by atoms with Gasteiger partial charge < -0.3 is 9.84 Å². The maximum atomic E-state index is 9.76. The molecule has 0 spiro atoms. The van der Waals surface area contributed by atoms with Crippen LogP contribution in [0.5, 0.6) is 11.5 Å². The fourth-order valence-corrected chi connectivity index (χ4v) is 1.56. The highest BCUT2D eigenvalue weighted by Gasteiger charge is 2.10. The van der Waals surface area contributed by atoms with E-state index in [0.29, 0.717) is 11.7 Å². The molecule has 0 saturated heterocycles. The van der Waals surface area contributed by atoms with E-state index >= 15 is 0 Å². The molecule has 0 saturated carbocycles. The Morgan fingerprint density at radius 3 is 2.43 bits per heavy atom. The Bertz CT molecular complexity index is 316. The number of hydrogen-bond acceptors (Lipinski definition) is 2. The Kier molecular flexibility index (Phi) is 3.39. The Hall–Kier alpha value is -1.18. The Morgan fingerprint density at radius 2 is 2.00 bits per heavy atom. The second-order valence-electron chi connectivity index (χ2n) is 3.73. The lowest BCUT2D eigenvalue weighted by molar-refractivity contribution is 0.405. The van der Waals surface area contributed by atoms with Crippen LogP contribution < -0.4 is 4.74 Å². The fourth-order valence-electron chi connectivity index (χ4n) is 1.56. The van der Waals surface area contributed by atoms with Gasteiger partial charge in [-0.1, -0.05) is 20.8 Å². The molecule has 1 rings (SSSR count). The van der Waals surface area contributed by atoms with Crippen molar-refractivity contribution in [3.05, 3.63) is 23.3 Å². The number of methoxy groups -OCH3 is 1. The minimum absolute atomic E-state index is 0.315. The highest BCUT2D eigenvalue weighted by atomic mass is 16.5. The van der Waals surface area contributed by atoms with Crippen molar-refractivity contribution in [2.45, 2.75) is 33.1 Å². The summed E-state index contributed by atoms with van der Waals surface area (Å²) < 4.78 is 5.27. The third-order valence-electron chi connectivity index (χ3n) is 2.43. The van der Waals surface area contributed by atoms with Crippen molar-refractivity contribution >= 4 is 0 Å². The normalized spacial score (nSPS) is 10.6. The second kappa shape index (κ2) is 4.36. The van der Waals surface area contributed by atoms with Crippen LogP contribution >= 0.6 is 0 Å². The molecule has 0 aromatic heterocycles. The lowest BCUT2D eigenvalue weighted by Crippen LogP contribution is -1.95. The minimum Gasteiger partial charge on any atom is -0.508 e. The average Bonchev–Trinajstić information content (AvgIpc) is 2.16. The standard InChI is InChI=1S/C12H18O2/c1-5-9-6-11(13)10(8(2)3)7-12(9)14-4/h6-8,13H,5H2,1-4H3. The van der Waals surface area contributed by atoms with Crippen LogP contribution in [0.15, 0.2) is 12.1 Å². The summed E-state index contributed by atoms with van der Waals surface area (Å²) >= 11 is 0. The van der Waals surface area contributed by atoms with Crippen LogP contribution in [-0.2, 0) is 6.42 Å². The molecule has 0 aliphatic heterocycles. The fraction of sp³-hybridized carbons (Fsp3) is 0.500. The van der Waals surface area contributed by atoms with E-state index in [1.807, 2.05) is 13.0 Å². The molecule has 0 atom stereocenters. The summed E-state index contributed by atoms with van der Waals surface area (Å²) in [6, 6.07) is 3.73. The number of aryl methyl sites for hydroxylation is 1. The van der Waals surface area contributed by atoms with E-state index in [4.69, 9.17) is 4.74 Å². The van der Waals surface area contributed by atoms with Gasteiger partial charge in [-0.15, -0.1) is 0 Å². The molecular formula is C12H18O2. The van der Waals surface area contributed by atoms with Crippen LogP contribution in [0.2, 0.25) is 0 Å². The van der Waals surface area contributed by atoms with Gasteiger partial charge >= 0.3 is 0 Å². The molecule has 0 radical (unpaired) electrons. The molecule has 0 aliphatic carbocycles. The number of aromatic hydroxyl groups is 1. The van der Waals surface area contributed by atoms with Gasteiger partial charge in [0.15, 0.2) is 0 Å².